The van der Waals surface area contributed by atoms with Gasteiger partial charge in [-0.15, -0.1) is 24.0 Å². The van der Waals surface area contributed by atoms with Gasteiger partial charge in [-0.05, 0) is 6.42 Å². The number of nitrogens with zero attached hydrogens (tertiary/aromatic N) is 2. The minimum absolute atomic E-state index is 0. The van der Waals surface area contributed by atoms with Crippen LogP contribution in [0.1, 0.15) is 45.4 Å². The third kappa shape index (κ3) is 12.2. The Kier molecular flexibility index (Phi) is 14.8. The smallest absolute Gasteiger partial charge is 0.188 e. The summed E-state index contributed by atoms with van der Waals surface area (Å²) in [5, 5.41) is 3.19. The summed E-state index contributed by atoms with van der Waals surface area (Å²) >= 11 is 0. The van der Waals surface area contributed by atoms with E-state index in [0.29, 0.717) is 5.96 Å². The maximum Gasteiger partial charge on any atom is 0.188 e. The Labute approximate surface area is 147 Å². The van der Waals surface area contributed by atoms with Crippen LogP contribution in [0.4, 0.5) is 0 Å². The van der Waals surface area contributed by atoms with Crippen molar-refractivity contribution in [1.29, 1.82) is 0 Å². The number of morpholine rings is 1. The van der Waals surface area contributed by atoms with Crippen molar-refractivity contribution in [3.05, 3.63) is 0 Å². The molecule has 0 aliphatic carbocycles. The van der Waals surface area contributed by atoms with Gasteiger partial charge >= 0.3 is 0 Å². The van der Waals surface area contributed by atoms with Gasteiger partial charge in [-0.3, -0.25) is 9.89 Å². The summed E-state index contributed by atoms with van der Waals surface area (Å²) in [5.74, 6) is 0.590. The van der Waals surface area contributed by atoms with Crippen LogP contribution in [0.5, 0.6) is 0 Å². The first-order chi connectivity index (χ1) is 9.83. The van der Waals surface area contributed by atoms with Gasteiger partial charge in [0.15, 0.2) is 5.96 Å². The molecule has 5 nitrogen and oxygen atoms in total. The van der Waals surface area contributed by atoms with E-state index in [1.165, 1.54) is 32.1 Å². The van der Waals surface area contributed by atoms with Gasteiger partial charge in [-0.2, -0.15) is 0 Å². The SMILES string of the molecule is CCCCCCCCN=C(N)NCCN1CCOCC1.I. The van der Waals surface area contributed by atoms with E-state index >= 15 is 0 Å². The fourth-order valence-corrected chi connectivity index (χ4v) is 2.31. The molecular weight excluding hydrogens is 379 g/mol. The fourth-order valence-electron chi connectivity index (χ4n) is 2.31. The molecule has 6 heteroatoms. The zero-order valence-electron chi connectivity index (χ0n) is 13.5. The number of ether oxygens (including phenoxy) is 1. The molecule has 1 saturated heterocycles. The summed E-state index contributed by atoms with van der Waals surface area (Å²) in [7, 11) is 0. The van der Waals surface area contributed by atoms with Crippen molar-refractivity contribution in [2.45, 2.75) is 45.4 Å². The summed E-state index contributed by atoms with van der Waals surface area (Å²) in [6, 6.07) is 0. The quantitative estimate of drug-likeness (QED) is 0.250. The molecule has 0 radical (unpaired) electrons. The second-order valence-electron chi connectivity index (χ2n) is 5.42. The molecule has 1 heterocycles. The Hall–Kier alpha value is -0.0800. The van der Waals surface area contributed by atoms with Gasteiger partial charge in [0.25, 0.3) is 0 Å². The number of rotatable bonds is 10. The minimum atomic E-state index is 0. The summed E-state index contributed by atoms with van der Waals surface area (Å²) in [5.41, 5.74) is 5.85. The number of nitrogens with two attached hydrogens (primary N) is 1. The summed E-state index contributed by atoms with van der Waals surface area (Å²) in [6.45, 7) is 8.72. The maximum atomic E-state index is 5.85. The molecule has 1 rings (SSSR count). The van der Waals surface area contributed by atoms with Crippen LogP contribution in [-0.4, -0.2) is 56.8 Å². The number of hydrogen-bond acceptors (Lipinski definition) is 3. The lowest BCUT2D eigenvalue weighted by Gasteiger charge is -2.26. The molecule has 1 aliphatic rings. The van der Waals surface area contributed by atoms with Crippen LogP contribution in [-0.2, 0) is 4.74 Å². The lowest BCUT2D eigenvalue weighted by Crippen LogP contribution is -2.42. The highest BCUT2D eigenvalue weighted by molar-refractivity contribution is 14.0. The van der Waals surface area contributed by atoms with Crippen LogP contribution in [0, 0.1) is 0 Å². The second kappa shape index (κ2) is 14.8. The molecule has 0 aromatic heterocycles. The Balaban J connectivity index is 0.00000400. The molecule has 3 N–H and O–H groups in total. The van der Waals surface area contributed by atoms with E-state index < -0.39 is 0 Å². The molecule has 0 aromatic rings. The van der Waals surface area contributed by atoms with Gasteiger partial charge < -0.3 is 15.8 Å². The van der Waals surface area contributed by atoms with E-state index in [9.17, 15) is 0 Å². The first-order valence-electron chi connectivity index (χ1n) is 8.17. The van der Waals surface area contributed by atoms with Crippen molar-refractivity contribution >= 4 is 29.9 Å². The molecule has 0 atom stereocenters. The van der Waals surface area contributed by atoms with Crippen LogP contribution in [0.3, 0.4) is 0 Å². The fraction of sp³-hybridized carbons (Fsp3) is 0.933. The van der Waals surface area contributed by atoms with Gasteiger partial charge in [-0.1, -0.05) is 39.0 Å². The van der Waals surface area contributed by atoms with Crippen molar-refractivity contribution < 1.29 is 4.74 Å². The average Bonchev–Trinajstić information content (AvgIpc) is 2.47. The number of aliphatic imine (C=N–C) groups is 1. The van der Waals surface area contributed by atoms with E-state index in [4.69, 9.17) is 10.5 Å². The van der Waals surface area contributed by atoms with Crippen LogP contribution < -0.4 is 11.1 Å². The van der Waals surface area contributed by atoms with E-state index in [0.717, 1.165) is 52.4 Å². The van der Waals surface area contributed by atoms with Gasteiger partial charge in [0, 0.05) is 32.7 Å². The van der Waals surface area contributed by atoms with E-state index in [1.54, 1.807) is 0 Å². The van der Waals surface area contributed by atoms with Crippen molar-refractivity contribution in [2.75, 3.05) is 45.9 Å². The van der Waals surface area contributed by atoms with Crippen molar-refractivity contribution in [1.82, 2.24) is 10.2 Å². The Morgan fingerprint density at radius 3 is 2.52 bits per heavy atom. The molecule has 0 aromatic carbocycles. The lowest BCUT2D eigenvalue weighted by molar-refractivity contribution is 0.0389. The summed E-state index contributed by atoms with van der Waals surface area (Å²) < 4.78 is 5.32. The molecule has 21 heavy (non-hydrogen) atoms. The van der Waals surface area contributed by atoms with Crippen molar-refractivity contribution in [3.8, 4) is 0 Å². The normalized spacial score (nSPS) is 16.5. The van der Waals surface area contributed by atoms with Gasteiger partial charge in [0.05, 0.1) is 13.2 Å². The van der Waals surface area contributed by atoms with E-state index in [2.05, 4.69) is 22.1 Å². The second-order valence-corrected chi connectivity index (χ2v) is 5.42. The first kappa shape index (κ1) is 20.9. The molecule has 0 bridgehead atoms. The van der Waals surface area contributed by atoms with Crippen LogP contribution in [0.2, 0.25) is 0 Å². The maximum absolute atomic E-state index is 5.85. The van der Waals surface area contributed by atoms with Gasteiger partial charge in [-0.25, -0.2) is 0 Å². The van der Waals surface area contributed by atoms with Crippen molar-refractivity contribution in [3.63, 3.8) is 0 Å². The number of unbranched alkanes of at least 4 members (excludes halogenated alkanes) is 5. The van der Waals surface area contributed by atoms with Gasteiger partial charge in [0.1, 0.15) is 0 Å². The predicted octanol–water partition coefficient (Wildman–Crippen LogP) is 2.20. The van der Waals surface area contributed by atoms with Crippen LogP contribution in [0.25, 0.3) is 0 Å². The predicted molar refractivity (Wildman–Crippen MR) is 101 cm³/mol. The molecule has 0 saturated carbocycles. The number of halogens is 1. The zero-order chi connectivity index (χ0) is 14.5. The molecular formula is C15H33IN4O. The molecule has 0 amide bonds. The third-order valence-corrected chi connectivity index (χ3v) is 3.63. The highest BCUT2D eigenvalue weighted by Crippen LogP contribution is 2.04. The highest BCUT2D eigenvalue weighted by atomic mass is 127. The Morgan fingerprint density at radius 2 is 1.81 bits per heavy atom. The van der Waals surface area contributed by atoms with Crippen molar-refractivity contribution in [2.24, 2.45) is 10.7 Å². The Bertz CT molecular complexity index is 258. The van der Waals surface area contributed by atoms with E-state index in [-0.39, 0.29) is 24.0 Å². The molecule has 1 fully saturated rings. The topological polar surface area (TPSA) is 62.9 Å². The van der Waals surface area contributed by atoms with Gasteiger partial charge in [0.2, 0.25) is 0 Å². The van der Waals surface area contributed by atoms with Crippen LogP contribution in [0.15, 0.2) is 4.99 Å². The number of nitrogens with one attached hydrogen (secondary N) is 1. The standard InChI is InChI=1S/C15H32N4O.HI/c1-2-3-4-5-6-7-8-17-15(16)18-9-10-19-11-13-20-14-12-19;/h2-14H2,1H3,(H3,16,17,18);1H. The zero-order valence-corrected chi connectivity index (χ0v) is 15.8. The summed E-state index contributed by atoms with van der Waals surface area (Å²) in [4.78, 5) is 6.75. The first-order valence-corrected chi connectivity index (χ1v) is 8.17. The summed E-state index contributed by atoms with van der Waals surface area (Å²) in [6.07, 6.45) is 7.76. The number of hydrogen-bond donors (Lipinski definition) is 2. The Morgan fingerprint density at radius 1 is 1.14 bits per heavy atom. The lowest BCUT2D eigenvalue weighted by atomic mass is 10.1. The molecule has 0 unspecified atom stereocenters. The average molecular weight is 412 g/mol. The third-order valence-electron chi connectivity index (χ3n) is 3.63. The monoisotopic (exact) mass is 412 g/mol. The molecule has 1 aliphatic heterocycles. The molecule has 0 spiro atoms. The van der Waals surface area contributed by atoms with E-state index in [1.807, 2.05) is 0 Å². The number of guanidine groups is 1. The largest absolute Gasteiger partial charge is 0.379 e. The highest BCUT2D eigenvalue weighted by Gasteiger charge is 2.08. The minimum Gasteiger partial charge on any atom is -0.379 e. The molecule has 126 valence electrons. The van der Waals surface area contributed by atoms with Crippen LogP contribution >= 0.6 is 24.0 Å².